The second-order valence-electron chi connectivity index (χ2n) is 12.5. The zero-order valence-electron chi connectivity index (χ0n) is 23.0. The van der Waals surface area contributed by atoms with Crippen LogP contribution in [0.1, 0.15) is 69.9 Å². The number of amides is 2. The van der Waals surface area contributed by atoms with Gasteiger partial charge in [-0.3, -0.25) is 0 Å². The molecule has 5 heterocycles. The zero-order chi connectivity index (χ0) is 26.3. The van der Waals surface area contributed by atoms with Crippen molar-refractivity contribution in [3.05, 3.63) is 35.4 Å². The number of hydrogen-bond donors (Lipinski definition) is 0. The first-order chi connectivity index (χ1) is 18.4. The summed E-state index contributed by atoms with van der Waals surface area (Å²) in [6.45, 7) is 9.26. The molecule has 38 heavy (non-hydrogen) atoms. The molecule has 8 heteroatoms. The molecule has 208 valence electrons. The number of rotatable bonds is 3. The molecule has 1 aliphatic carbocycles. The molecule has 4 saturated heterocycles. The fraction of sp³-hybridized carbons (Fsp3) is 0.733. The van der Waals surface area contributed by atoms with Crippen LogP contribution in [-0.4, -0.2) is 90.6 Å². The van der Waals surface area contributed by atoms with Gasteiger partial charge >= 0.3 is 12.2 Å². The van der Waals surface area contributed by atoms with Gasteiger partial charge in [-0.15, -0.1) is 0 Å². The number of hydrogen-bond acceptors (Lipinski definition) is 6. The number of carbonyl (C=O) groups excluding carboxylic acids is 2. The van der Waals surface area contributed by atoms with Gasteiger partial charge in [0.1, 0.15) is 6.10 Å². The highest BCUT2D eigenvalue weighted by atomic mass is 16.6. The lowest BCUT2D eigenvalue weighted by atomic mass is 9.68. The molecule has 0 N–H and O–H groups in total. The van der Waals surface area contributed by atoms with Crippen LogP contribution in [0.5, 0.6) is 0 Å². The number of piperidine rings is 2. The maximum atomic E-state index is 13.0. The quantitative estimate of drug-likeness (QED) is 0.577. The Bertz CT molecular complexity index is 1020. The van der Waals surface area contributed by atoms with Gasteiger partial charge in [0.2, 0.25) is 0 Å². The van der Waals surface area contributed by atoms with Crippen LogP contribution in [0.4, 0.5) is 9.59 Å². The minimum atomic E-state index is -0.201. The van der Waals surface area contributed by atoms with Crippen molar-refractivity contribution in [2.45, 2.75) is 95.0 Å². The van der Waals surface area contributed by atoms with E-state index in [1.54, 1.807) is 0 Å². The molecule has 5 aliphatic heterocycles. The Kier molecular flexibility index (Phi) is 7.29. The Balaban J connectivity index is 1.13. The van der Waals surface area contributed by atoms with Crippen LogP contribution in [0.2, 0.25) is 0 Å². The van der Waals surface area contributed by atoms with E-state index >= 15 is 0 Å². The predicted molar refractivity (Wildman–Crippen MR) is 143 cm³/mol. The highest BCUT2D eigenvalue weighted by molar-refractivity contribution is 5.69. The Hall–Kier alpha value is -2.32. The number of fused-ring (bicyclic) bond motifs is 6. The third-order valence-corrected chi connectivity index (χ3v) is 9.65. The standard InChI is InChI=1S/C30H43N3O5/c1-21(2)37-28(34)32-18-23-5-3-4-6-27(23)30(20-32)10-12-31(13-11-30)25-15-22-7-8-24(16-25)33(17-22)29(35)38-26-9-14-36-19-26/h3-6,21-22,24-26H,7-20H2,1-2H3/t22?,24?,25?,26-/m0/s1. The van der Waals surface area contributed by atoms with Crippen molar-refractivity contribution in [1.82, 2.24) is 14.7 Å². The summed E-state index contributed by atoms with van der Waals surface area (Å²) in [5.74, 6) is 0.540. The van der Waals surface area contributed by atoms with Gasteiger partial charge in [0.05, 0.1) is 19.3 Å². The Labute approximate surface area is 226 Å². The summed E-state index contributed by atoms with van der Waals surface area (Å²) in [5, 5.41) is 0. The van der Waals surface area contributed by atoms with Gasteiger partial charge < -0.3 is 28.9 Å². The molecule has 1 spiro atoms. The highest BCUT2D eigenvalue weighted by Crippen LogP contribution is 2.44. The number of ether oxygens (including phenoxy) is 3. The van der Waals surface area contributed by atoms with Crippen molar-refractivity contribution in [3.8, 4) is 0 Å². The molecule has 1 aromatic rings. The van der Waals surface area contributed by atoms with Crippen molar-refractivity contribution in [2.24, 2.45) is 5.92 Å². The maximum absolute atomic E-state index is 13.0. The maximum Gasteiger partial charge on any atom is 0.410 e. The van der Waals surface area contributed by atoms with Crippen LogP contribution in [-0.2, 0) is 26.2 Å². The van der Waals surface area contributed by atoms with Crippen molar-refractivity contribution in [3.63, 3.8) is 0 Å². The molecular weight excluding hydrogens is 482 g/mol. The van der Waals surface area contributed by atoms with Crippen LogP contribution >= 0.6 is 0 Å². The molecule has 1 saturated carbocycles. The highest BCUT2D eigenvalue weighted by Gasteiger charge is 2.46. The molecule has 6 aliphatic rings. The van der Waals surface area contributed by atoms with E-state index < -0.39 is 0 Å². The topological polar surface area (TPSA) is 71.6 Å². The lowest BCUT2D eigenvalue weighted by Crippen LogP contribution is -2.55. The van der Waals surface area contributed by atoms with Crippen molar-refractivity contribution < 1.29 is 23.8 Å². The second kappa shape index (κ2) is 10.7. The second-order valence-corrected chi connectivity index (χ2v) is 12.5. The third-order valence-electron chi connectivity index (χ3n) is 9.65. The lowest BCUT2D eigenvalue weighted by molar-refractivity contribution is 0.0294. The minimum absolute atomic E-state index is 0.0236. The van der Waals surface area contributed by atoms with E-state index in [0.29, 0.717) is 31.7 Å². The molecule has 5 fully saturated rings. The van der Waals surface area contributed by atoms with E-state index in [1.807, 2.05) is 23.6 Å². The molecule has 0 aromatic heterocycles. The van der Waals surface area contributed by atoms with E-state index in [9.17, 15) is 9.59 Å². The van der Waals surface area contributed by atoms with Crippen LogP contribution < -0.4 is 0 Å². The van der Waals surface area contributed by atoms with Gasteiger partial charge in [0, 0.05) is 43.6 Å². The summed E-state index contributed by atoms with van der Waals surface area (Å²) in [5.41, 5.74) is 2.64. The summed E-state index contributed by atoms with van der Waals surface area (Å²) in [7, 11) is 0. The average molecular weight is 526 g/mol. The molecule has 3 unspecified atom stereocenters. The van der Waals surface area contributed by atoms with E-state index in [4.69, 9.17) is 14.2 Å². The van der Waals surface area contributed by atoms with E-state index in [2.05, 4.69) is 29.2 Å². The molecule has 7 rings (SSSR count). The fourth-order valence-electron chi connectivity index (χ4n) is 7.71. The van der Waals surface area contributed by atoms with Crippen molar-refractivity contribution >= 4 is 12.2 Å². The molecule has 2 bridgehead atoms. The average Bonchev–Trinajstić information content (AvgIpc) is 3.24. The fourth-order valence-corrected chi connectivity index (χ4v) is 7.71. The lowest BCUT2D eigenvalue weighted by Gasteiger charge is -2.49. The smallest absolute Gasteiger partial charge is 0.410 e. The minimum Gasteiger partial charge on any atom is -0.447 e. The molecular formula is C30H43N3O5. The summed E-state index contributed by atoms with van der Waals surface area (Å²) < 4.78 is 16.8. The van der Waals surface area contributed by atoms with Gasteiger partial charge in [0.25, 0.3) is 0 Å². The number of carbonyl (C=O) groups is 2. The molecule has 1 aromatic carbocycles. The first kappa shape index (κ1) is 25.9. The normalized spacial score (nSPS) is 30.8. The van der Waals surface area contributed by atoms with Gasteiger partial charge in [0.15, 0.2) is 0 Å². The van der Waals surface area contributed by atoms with Crippen LogP contribution in [0.25, 0.3) is 0 Å². The SMILES string of the molecule is CC(C)OC(=O)N1Cc2ccccc2C2(CCN(C3CC4CCC(C3)N(C(=O)O[C@H]3CCOC3)C4)CC2)C1. The first-order valence-corrected chi connectivity index (χ1v) is 14.7. The molecule has 4 atom stereocenters. The van der Waals surface area contributed by atoms with E-state index in [0.717, 1.165) is 64.7 Å². The summed E-state index contributed by atoms with van der Waals surface area (Å²) >= 11 is 0. The van der Waals surface area contributed by atoms with Gasteiger partial charge in [-0.1, -0.05) is 24.3 Å². The number of benzene rings is 1. The summed E-state index contributed by atoms with van der Waals surface area (Å²) in [6.07, 6.45) is 6.80. The predicted octanol–water partition coefficient (Wildman–Crippen LogP) is 4.55. The summed E-state index contributed by atoms with van der Waals surface area (Å²) in [6, 6.07) is 9.44. The first-order valence-electron chi connectivity index (χ1n) is 14.7. The third kappa shape index (κ3) is 5.14. The Morgan fingerprint density at radius 1 is 1.03 bits per heavy atom. The van der Waals surface area contributed by atoms with Gasteiger partial charge in [-0.2, -0.15) is 0 Å². The van der Waals surface area contributed by atoms with Crippen LogP contribution in [0, 0.1) is 5.92 Å². The van der Waals surface area contributed by atoms with Gasteiger partial charge in [-0.05, 0) is 82.5 Å². The Morgan fingerprint density at radius 2 is 1.84 bits per heavy atom. The van der Waals surface area contributed by atoms with E-state index in [-0.39, 0.29) is 35.9 Å². The number of likely N-dealkylation sites (tertiary alicyclic amines) is 1. The largest absolute Gasteiger partial charge is 0.447 e. The van der Waals surface area contributed by atoms with Gasteiger partial charge in [-0.25, -0.2) is 9.59 Å². The summed E-state index contributed by atoms with van der Waals surface area (Å²) in [4.78, 5) is 32.6. The van der Waals surface area contributed by atoms with Crippen molar-refractivity contribution in [1.29, 1.82) is 0 Å². The van der Waals surface area contributed by atoms with Crippen molar-refractivity contribution in [2.75, 3.05) is 39.4 Å². The monoisotopic (exact) mass is 525 g/mol. The molecule has 0 radical (unpaired) electrons. The number of nitrogens with zero attached hydrogens (tertiary/aromatic N) is 3. The molecule has 8 nitrogen and oxygen atoms in total. The van der Waals surface area contributed by atoms with Crippen LogP contribution in [0.15, 0.2) is 24.3 Å². The molecule has 2 amide bonds. The zero-order valence-corrected chi connectivity index (χ0v) is 23.0. The van der Waals surface area contributed by atoms with Crippen LogP contribution in [0.3, 0.4) is 0 Å². The Morgan fingerprint density at radius 3 is 2.61 bits per heavy atom. The van der Waals surface area contributed by atoms with E-state index in [1.165, 1.54) is 17.5 Å².